The molecule has 11 heteroatoms. The Hall–Kier alpha value is -3.41. The van der Waals surface area contributed by atoms with Crippen molar-refractivity contribution in [3.63, 3.8) is 0 Å². The number of phenolic OH excluding ortho intramolecular Hbond substituents is 1. The number of benzene rings is 1. The van der Waals surface area contributed by atoms with Crippen LogP contribution in [0.1, 0.15) is 11.1 Å². The number of carbonyl (C=O) groups is 3. The van der Waals surface area contributed by atoms with Gasteiger partial charge in [-0.25, -0.2) is 0 Å². The maximum Gasteiger partial charge on any atom is 0.255 e. The molecule has 1 aromatic rings. The highest BCUT2D eigenvalue weighted by Gasteiger charge is 2.67. The Kier molecular flexibility index (Phi) is 5.27. The largest absolute Gasteiger partial charge is 0.508 e. The molecule has 34 heavy (non-hydrogen) atoms. The minimum Gasteiger partial charge on any atom is -0.508 e. The number of fused-ring (bicyclic) bond motifs is 3. The number of nitrogens with two attached hydrogens (primary N) is 1. The van der Waals surface area contributed by atoms with Crippen molar-refractivity contribution in [2.24, 2.45) is 17.6 Å². The molecule has 11 nitrogen and oxygen atoms in total. The minimum atomic E-state index is -2.90. The van der Waals surface area contributed by atoms with E-state index in [1.54, 1.807) is 25.1 Å². The van der Waals surface area contributed by atoms with Crippen LogP contribution in [0.2, 0.25) is 0 Å². The summed E-state index contributed by atoms with van der Waals surface area (Å²) in [6.07, 6.45) is -1.60. The van der Waals surface area contributed by atoms with Crippen LogP contribution in [0.15, 0.2) is 29.0 Å². The van der Waals surface area contributed by atoms with Crippen LogP contribution in [0.3, 0.4) is 0 Å². The number of likely N-dealkylation sites (N-methyl/N-ethyl adjacent to an activating group) is 1. The van der Waals surface area contributed by atoms with E-state index in [9.17, 15) is 39.9 Å². The maximum atomic E-state index is 13.7. The number of aliphatic hydroxyl groups is 4. The average Bonchev–Trinajstić information content (AvgIpc) is 2.73. The Morgan fingerprint density at radius 2 is 1.74 bits per heavy atom. The number of phenols is 1. The van der Waals surface area contributed by atoms with Crippen molar-refractivity contribution in [2.45, 2.75) is 24.2 Å². The fraction of sp³-hybridized carbons (Fsp3) is 0.435. The van der Waals surface area contributed by atoms with Gasteiger partial charge in [-0.2, -0.15) is 0 Å². The van der Waals surface area contributed by atoms with Gasteiger partial charge in [0.05, 0.1) is 23.6 Å². The molecular weight excluding hydrogens is 446 g/mol. The molecule has 0 aromatic heterocycles. The van der Waals surface area contributed by atoms with Crippen molar-refractivity contribution in [1.82, 2.24) is 4.90 Å². The Balaban J connectivity index is 2.04. The number of aromatic hydroxyl groups is 1. The van der Waals surface area contributed by atoms with Crippen LogP contribution in [-0.4, -0.2) is 93.8 Å². The van der Waals surface area contributed by atoms with E-state index >= 15 is 0 Å². The van der Waals surface area contributed by atoms with Gasteiger partial charge in [0.2, 0.25) is 5.78 Å². The number of carbonyl (C=O) groups excluding carboxylic acids is 3. The maximum absolute atomic E-state index is 13.7. The third-order valence-electron chi connectivity index (χ3n) is 7.14. The molecule has 1 saturated carbocycles. The molecule has 5 atom stereocenters. The van der Waals surface area contributed by atoms with E-state index < -0.39 is 69.7 Å². The molecule has 3 aliphatic rings. The average molecular weight is 473 g/mol. The van der Waals surface area contributed by atoms with E-state index in [2.05, 4.69) is 0 Å². The molecule has 0 aliphatic heterocycles. The second-order valence-corrected chi connectivity index (χ2v) is 9.40. The van der Waals surface area contributed by atoms with E-state index in [1.807, 2.05) is 0 Å². The number of amides is 1. The zero-order valence-electron chi connectivity index (χ0n) is 19.1. The van der Waals surface area contributed by atoms with Crippen LogP contribution in [0.5, 0.6) is 5.75 Å². The molecule has 3 aliphatic carbocycles. The van der Waals surface area contributed by atoms with Crippen molar-refractivity contribution < 1.29 is 39.9 Å². The number of ketones is 2. The molecule has 1 amide bonds. The molecule has 4 rings (SSSR count). The van der Waals surface area contributed by atoms with Crippen molar-refractivity contribution in [3.8, 4) is 5.75 Å². The van der Waals surface area contributed by atoms with Crippen LogP contribution in [0.25, 0.3) is 5.76 Å². The van der Waals surface area contributed by atoms with Crippen molar-refractivity contribution in [2.75, 3.05) is 33.1 Å². The van der Waals surface area contributed by atoms with Crippen molar-refractivity contribution >= 4 is 28.9 Å². The summed E-state index contributed by atoms with van der Waals surface area (Å²) >= 11 is 0. The Morgan fingerprint density at radius 3 is 2.26 bits per heavy atom. The van der Waals surface area contributed by atoms with Gasteiger partial charge in [-0.15, -0.1) is 0 Å². The molecule has 0 radical (unpaired) electrons. The number of anilines is 1. The lowest BCUT2D eigenvalue weighted by molar-refractivity contribution is -0.168. The van der Waals surface area contributed by atoms with Crippen molar-refractivity contribution in [3.05, 3.63) is 40.2 Å². The highest BCUT2D eigenvalue weighted by atomic mass is 16.4. The molecule has 7 N–H and O–H groups in total. The van der Waals surface area contributed by atoms with Gasteiger partial charge in [0, 0.05) is 31.3 Å². The van der Waals surface area contributed by atoms with Gasteiger partial charge < -0.3 is 36.2 Å². The van der Waals surface area contributed by atoms with Gasteiger partial charge in [0.15, 0.2) is 11.4 Å². The molecule has 0 unspecified atom stereocenters. The molecule has 1 fully saturated rings. The topological polar surface area (TPSA) is 185 Å². The molecule has 0 saturated heterocycles. The number of hydrogen-bond donors (Lipinski definition) is 6. The molecule has 182 valence electrons. The summed E-state index contributed by atoms with van der Waals surface area (Å²) < 4.78 is 0. The van der Waals surface area contributed by atoms with Gasteiger partial charge in [-0.05, 0) is 38.2 Å². The van der Waals surface area contributed by atoms with Gasteiger partial charge in [0.25, 0.3) is 5.91 Å². The SMILES string of the molecule is CN(C)c1ccc(O)c2c1C[C@@H]1C(=C2O)C(=O)[C@]2(O)C(O)=C(C(N)=O)C(=O)[C@@H](N(C)C)[C@@H]2[C@@H]1O. The fourth-order valence-corrected chi connectivity index (χ4v) is 5.66. The zero-order chi connectivity index (χ0) is 25.4. The third-order valence-corrected chi connectivity index (χ3v) is 7.14. The molecule has 0 bridgehead atoms. The number of Topliss-reactive ketones (excluding diaryl/α,β-unsaturated/α-hetero) is 2. The predicted octanol–water partition coefficient (Wildman–Crippen LogP) is -0.999. The van der Waals surface area contributed by atoms with E-state index in [0.29, 0.717) is 11.3 Å². The summed E-state index contributed by atoms with van der Waals surface area (Å²) in [6, 6.07) is 1.60. The summed E-state index contributed by atoms with van der Waals surface area (Å²) in [5.74, 6) is -8.31. The third kappa shape index (κ3) is 2.84. The van der Waals surface area contributed by atoms with Crippen LogP contribution >= 0.6 is 0 Å². The number of aliphatic hydroxyl groups excluding tert-OH is 3. The lowest BCUT2D eigenvalue weighted by atomic mass is 9.56. The number of nitrogens with zero attached hydrogens (tertiary/aromatic N) is 2. The Bertz CT molecular complexity index is 1200. The molecular formula is C23H27N3O8. The summed E-state index contributed by atoms with van der Waals surface area (Å²) in [7, 11) is 6.42. The Labute approximate surface area is 195 Å². The zero-order valence-corrected chi connectivity index (χ0v) is 19.1. The van der Waals surface area contributed by atoms with E-state index in [1.165, 1.54) is 25.1 Å². The van der Waals surface area contributed by atoms with Crippen LogP contribution in [0, 0.1) is 11.8 Å². The monoisotopic (exact) mass is 473 g/mol. The van der Waals surface area contributed by atoms with Gasteiger partial charge in [0.1, 0.15) is 22.8 Å². The molecule has 0 heterocycles. The predicted molar refractivity (Wildman–Crippen MR) is 120 cm³/mol. The standard InChI is InChI=1S/C23H27N3O8/c1-25(2)10-5-6-11(27)12-8(10)7-9-13(18(12)29)20(31)23(34)15(17(9)28)16(26(3)4)19(30)14(21(23)32)22(24)33/h5-6,9,15-17,27-29,32,34H,7H2,1-4H3,(H2,24,33)/t9-,15-,16+,17-,23+/m1/s1. The Morgan fingerprint density at radius 1 is 1.12 bits per heavy atom. The fourth-order valence-electron chi connectivity index (χ4n) is 5.66. The van der Waals surface area contributed by atoms with Crippen LogP contribution < -0.4 is 10.6 Å². The number of primary amides is 1. The summed E-state index contributed by atoms with van der Waals surface area (Å²) in [5.41, 5.74) is 2.09. The van der Waals surface area contributed by atoms with Crippen LogP contribution in [-0.2, 0) is 20.8 Å². The molecule has 0 spiro atoms. The minimum absolute atomic E-state index is 0.00236. The number of hydrogen-bond acceptors (Lipinski definition) is 10. The first-order valence-electron chi connectivity index (χ1n) is 10.6. The highest BCUT2D eigenvalue weighted by molar-refractivity contribution is 6.24. The summed E-state index contributed by atoms with van der Waals surface area (Å²) in [6.45, 7) is 0. The summed E-state index contributed by atoms with van der Waals surface area (Å²) in [4.78, 5) is 41.9. The quantitative estimate of drug-likeness (QED) is 0.298. The highest BCUT2D eigenvalue weighted by Crippen LogP contribution is 2.53. The van der Waals surface area contributed by atoms with Crippen LogP contribution in [0.4, 0.5) is 5.69 Å². The second-order valence-electron chi connectivity index (χ2n) is 9.40. The van der Waals surface area contributed by atoms with Gasteiger partial charge >= 0.3 is 0 Å². The van der Waals surface area contributed by atoms with E-state index in [0.717, 1.165) is 0 Å². The van der Waals surface area contributed by atoms with Crippen molar-refractivity contribution in [1.29, 1.82) is 0 Å². The first kappa shape index (κ1) is 23.7. The second kappa shape index (κ2) is 7.55. The first-order valence-corrected chi connectivity index (χ1v) is 10.6. The van der Waals surface area contributed by atoms with Gasteiger partial charge in [-0.1, -0.05) is 0 Å². The van der Waals surface area contributed by atoms with E-state index in [-0.39, 0.29) is 17.7 Å². The number of rotatable bonds is 3. The molecule has 1 aromatic carbocycles. The lowest BCUT2D eigenvalue weighted by Crippen LogP contribution is -2.70. The van der Waals surface area contributed by atoms with E-state index in [4.69, 9.17) is 5.73 Å². The first-order chi connectivity index (χ1) is 15.8. The smallest absolute Gasteiger partial charge is 0.255 e. The normalized spacial score (nSPS) is 30.8. The summed E-state index contributed by atoms with van der Waals surface area (Å²) in [5, 5.41) is 55.4. The van der Waals surface area contributed by atoms with Gasteiger partial charge in [-0.3, -0.25) is 19.3 Å². The lowest BCUT2D eigenvalue weighted by Gasteiger charge is -2.52.